The predicted octanol–water partition coefficient (Wildman–Crippen LogP) is 2.59. The fourth-order valence-electron chi connectivity index (χ4n) is 4.03. The summed E-state index contributed by atoms with van der Waals surface area (Å²) in [5.41, 5.74) is 0. The standard InChI is InChI=1S/C19H29NO4/c1-21-17-9-5-6-15(17)16-14-23-12-10-20(16)11-13-24-19-8-4-3-7-18(19)22-2/h3-4,7-8,15-17H,5-6,9-14H2,1-2H3/t15-,16-,17-/m1/s1. The highest BCUT2D eigenvalue weighted by Crippen LogP contribution is 2.34. The first kappa shape index (κ1) is 17.5. The summed E-state index contributed by atoms with van der Waals surface area (Å²) in [5, 5.41) is 0. The average molecular weight is 335 g/mol. The van der Waals surface area contributed by atoms with Crippen molar-refractivity contribution in [3.63, 3.8) is 0 Å². The number of nitrogens with zero attached hydrogens (tertiary/aromatic N) is 1. The van der Waals surface area contributed by atoms with Crippen LogP contribution >= 0.6 is 0 Å². The van der Waals surface area contributed by atoms with Gasteiger partial charge in [-0.05, 0) is 25.0 Å². The maximum atomic E-state index is 5.96. The monoisotopic (exact) mass is 335 g/mol. The highest BCUT2D eigenvalue weighted by atomic mass is 16.5. The summed E-state index contributed by atoms with van der Waals surface area (Å²) in [4.78, 5) is 2.51. The molecule has 1 saturated carbocycles. The van der Waals surface area contributed by atoms with E-state index in [-0.39, 0.29) is 0 Å². The molecule has 0 spiro atoms. The maximum absolute atomic E-state index is 5.96. The summed E-state index contributed by atoms with van der Waals surface area (Å²) in [6.45, 7) is 4.13. The number of rotatable bonds is 7. The topological polar surface area (TPSA) is 40.2 Å². The van der Waals surface area contributed by atoms with E-state index in [1.165, 1.54) is 19.3 Å². The van der Waals surface area contributed by atoms with E-state index in [1.807, 2.05) is 31.4 Å². The van der Waals surface area contributed by atoms with E-state index in [1.54, 1.807) is 7.11 Å². The van der Waals surface area contributed by atoms with Crippen LogP contribution in [0.1, 0.15) is 19.3 Å². The zero-order valence-electron chi connectivity index (χ0n) is 14.8. The van der Waals surface area contributed by atoms with Gasteiger partial charge in [0.15, 0.2) is 11.5 Å². The molecule has 1 aromatic rings. The van der Waals surface area contributed by atoms with Crippen LogP contribution in [0.5, 0.6) is 11.5 Å². The quantitative estimate of drug-likeness (QED) is 0.766. The van der Waals surface area contributed by atoms with Crippen LogP contribution in [0.3, 0.4) is 0 Å². The molecule has 5 nitrogen and oxygen atoms in total. The second kappa shape index (κ2) is 8.70. The smallest absolute Gasteiger partial charge is 0.161 e. The highest BCUT2D eigenvalue weighted by Gasteiger charge is 2.38. The van der Waals surface area contributed by atoms with Crippen molar-refractivity contribution >= 4 is 0 Å². The molecule has 1 aliphatic carbocycles. The number of ether oxygens (including phenoxy) is 4. The Bertz CT molecular complexity index is 510. The van der Waals surface area contributed by atoms with Gasteiger partial charge in [0.1, 0.15) is 6.61 Å². The molecule has 5 heteroatoms. The molecular weight excluding hydrogens is 306 g/mol. The predicted molar refractivity (Wildman–Crippen MR) is 92.8 cm³/mol. The van der Waals surface area contributed by atoms with E-state index in [4.69, 9.17) is 18.9 Å². The van der Waals surface area contributed by atoms with Crippen LogP contribution in [0.4, 0.5) is 0 Å². The van der Waals surface area contributed by atoms with Gasteiger partial charge in [0, 0.05) is 32.2 Å². The normalized spacial score (nSPS) is 28.0. The lowest BCUT2D eigenvalue weighted by atomic mass is 9.94. The van der Waals surface area contributed by atoms with Crippen molar-refractivity contribution in [1.29, 1.82) is 0 Å². The molecular formula is C19H29NO4. The molecule has 1 saturated heterocycles. The lowest BCUT2D eigenvalue weighted by Crippen LogP contribution is -2.52. The Kier molecular flexibility index (Phi) is 6.35. The number of hydrogen-bond acceptors (Lipinski definition) is 5. The summed E-state index contributed by atoms with van der Waals surface area (Å²) < 4.78 is 22.8. The fraction of sp³-hybridized carbons (Fsp3) is 0.684. The van der Waals surface area contributed by atoms with Gasteiger partial charge in [0.05, 0.1) is 26.4 Å². The van der Waals surface area contributed by atoms with Gasteiger partial charge in [-0.1, -0.05) is 18.6 Å². The van der Waals surface area contributed by atoms with Gasteiger partial charge >= 0.3 is 0 Å². The van der Waals surface area contributed by atoms with Gasteiger partial charge < -0.3 is 18.9 Å². The summed E-state index contributed by atoms with van der Waals surface area (Å²) >= 11 is 0. The molecule has 0 N–H and O–H groups in total. The van der Waals surface area contributed by atoms with Crippen molar-refractivity contribution < 1.29 is 18.9 Å². The Morgan fingerprint density at radius 3 is 2.79 bits per heavy atom. The summed E-state index contributed by atoms with van der Waals surface area (Å²) in [6.07, 6.45) is 4.03. The molecule has 0 aromatic heterocycles. The van der Waals surface area contributed by atoms with Crippen molar-refractivity contribution in [2.24, 2.45) is 5.92 Å². The van der Waals surface area contributed by atoms with Crippen molar-refractivity contribution in [3.8, 4) is 11.5 Å². The van der Waals surface area contributed by atoms with Crippen molar-refractivity contribution in [3.05, 3.63) is 24.3 Å². The zero-order valence-corrected chi connectivity index (χ0v) is 14.8. The van der Waals surface area contributed by atoms with Crippen molar-refractivity contribution in [2.75, 3.05) is 47.1 Å². The molecule has 134 valence electrons. The lowest BCUT2D eigenvalue weighted by Gasteiger charge is -2.40. The summed E-state index contributed by atoms with van der Waals surface area (Å²) in [5.74, 6) is 2.16. The number of methoxy groups -OCH3 is 2. The van der Waals surface area contributed by atoms with E-state index in [0.717, 1.165) is 37.8 Å². The first-order chi connectivity index (χ1) is 11.8. The highest BCUT2D eigenvalue weighted by molar-refractivity contribution is 5.39. The second-order valence-electron chi connectivity index (χ2n) is 6.55. The van der Waals surface area contributed by atoms with E-state index in [9.17, 15) is 0 Å². The first-order valence-electron chi connectivity index (χ1n) is 8.94. The first-order valence-corrected chi connectivity index (χ1v) is 8.94. The molecule has 2 aliphatic rings. The molecule has 1 aliphatic heterocycles. The number of para-hydroxylation sites is 2. The summed E-state index contributed by atoms with van der Waals surface area (Å²) in [7, 11) is 3.51. The molecule has 2 fully saturated rings. The average Bonchev–Trinajstić information content (AvgIpc) is 3.11. The van der Waals surface area contributed by atoms with E-state index < -0.39 is 0 Å². The second-order valence-corrected chi connectivity index (χ2v) is 6.55. The molecule has 1 aromatic carbocycles. The Balaban J connectivity index is 1.56. The van der Waals surface area contributed by atoms with Gasteiger partial charge in [0.2, 0.25) is 0 Å². The van der Waals surface area contributed by atoms with Crippen LogP contribution in [-0.2, 0) is 9.47 Å². The third kappa shape index (κ3) is 4.02. The number of benzene rings is 1. The number of hydrogen-bond donors (Lipinski definition) is 0. The molecule has 0 bridgehead atoms. The van der Waals surface area contributed by atoms with E-state index in [2.05, 4.69) is 4.90 Å². The van der Waals surface area contributed by atoms with E-state index in [0.29, 0.717) is 24.7 Å². The minimum atomic E-state index is 0.370. The van der Waals surface area contributed by atoms with Gasteiger partial charge in [0.25, 0.3) is 0 Å². The SMILES string of the molecule is COc1ccccc1OCCN1CCOC[C@@H]1[C@H]1CCC[C@H]1OC. The fourth-order valence-corrected chi connectivity index (χ4v) is 4.03. The third-order valence-corrected chi connectivity index (χ3v) is 5.29. The Morgan fingerprint density at radius 2 is 2.00 bits per heavy atom. The van der Waals surface area contributed by atoms with E-state index >= 15 is 0 Å². The number of morpholine rings is 1. The Hall–Kier alpha value is -1.30. The van der Waals surface area contributed by atoms with Crippen LogP contribution in [0.2, 0.25) is 0 Å². The lowest BCUT2D eigenvalue weighted by molar-refractivity contribution is -0.0603. The Labute approximate surface area is 144 Å². The van der Waals surface area contributed by atoms with Crippen molar-refractivity contribution in [1.82, 2.24) is 4.90 Å². The molecule has 0 unspecified atom stereocenters. The Morgan fingerprint density at radius 1 is 1.17 bits per heavy atom. The van der Waals surface area contributed by atoms with Gasteiger partial charge in [-0.2, -0.15) is 0 Å². The van der Waals surface area contributed by atoms with Gasteiger partial charge in [-0.25, -0.2) is 0 Å². The molecule has 3 atom stereocenters. The maximum Gasteiger partial charge on any atom is 0.161 e. The molecule has 0 amide bonds. The van der Waals surface area contributed by atoms with Gasteiger partial charge in [-0.3, -0.25) is 4.90 Å². The third-order valence-electron chi connectivity index (χ3n) is 5.29. The molecule has 0 radical (unpaired) electrons. The minimum absolute atomic E-state index is 0.370. The molecule has 3 rings (SSSR count). The molecule has 24 heavy (non-hydrogen) atoms. The summed E-state index contributed by atoms with van der Waals surface area (Å²) in [6, 6.07) is 8.24. The zero-order chi connectivity index (χ0) is 16.8. The van der Waals surface area contributed by atoms with Crippen molar-refractivity contribution in [2.45, 2.75) is 31.4 Å². The largest absolute Gasteiger partial charge is 0.493 e. The van der Waals surface area contributed by atoms with Crippen LogP contribution in [0, 0.1) is 5.92 Å². The van der Waals surface area contributed by atoms with Crippen LogP contribution < -0.4 is 9.47 Å². The minimum Gasteiger partial charge on any atom is -0.493 e. The van der Waals surface area contributed by atoms with Crippen LogP contribution in [0.15, 0.2) is 24.3 Å². The molecule has 1 heterocycles. The van der Waals surface area contributed by atoms with Crippen LogP contribution in [-0.4, -0.2) is 64.2 Å². The van der Waals surface area contributed by atoms with Crippen LogP contribution in [0.25, 0.3) is 0 Å². The van der Waals surface area contributed by atoms with Gasteiger partial charge in [-0.15, -0.1) is 0 Å².